The summed E-state index contributed by atoms with van der Waals surface area (Å²) < 4.78 is 37.4. The molecule has 29 heavy (non-hydrogen) atoms. The lowest BCUT2D eigenvalue weighted by Gasteiger charge is -2.28. The molecular weight excluding hydrogens is 383 g/mol. The molecule has 0 radical (unpaired) electrons. The minimum absolute atomic E-state index is 0.103. The lowest BCUT2D eigenvalue weighted by atomic mass is 9.88. The predicted molar refractivity (Wildman–Crippen MR) is 106 cm³/mol. The normalized spacial score (nSPS) is 17.5. The van der Waals surface area contributed by atoms with Crippen LogP contribution in [-0.4, -0.2) is 28.0 Å². The summed E-state index contributed by atoms with van der Waals surface area (Å²) in [6, 6.07) is 14.7. The molecule has 2 atom stereocenters. The third-order valence-electron chi connectivity index (χ3n) is 5.00. The van der Waals surface area contributed by atoms with Crippen LogP contribution in [0.4, 0.5) is 13.2 Å². The lowest BCUT2D eigenvalue weighted by Crippen LogP contribution is -2.52. The number of benzene rings is 2. The molecule has 0 amide bonds. The van der Waals surface area contributed by atoms with Crippen molar-refractivity contribution in [2.24, 2.45) is 5.73 Å². The number of halogens is 3. The fraction of sp³-hybridized carbons (Fsp3) is 0.409. The number of nitrogens with two attached hydrogens (primary N) is 1. The predicted octanol–water partition coefficient (Wildman–Crippen LogP) is 5.11. The van der Waals surface area contributed by atoms with E-state index in [1.165, 1.54) is 16.3 Å². The number of aliphatic hydroxyl groups is 1. The molecule has 7 heteroatoms. The number of fused-ring (bicyclic) bond motifs is 1. The lowest BCUT2D eigenvalue weighted by molar-refractivity contribution is -0.259. The molecule has 0 saturated heterocycles. The van der Waals surface area contributed by atoms with Gasteiger partial charge in [0.25, 0.3) is 5.60 Å². The second-order valence-electron chi connectivity index (χ2n) is 7.31. The van der Waals surface area contributed by atoms with Crippen LogP contribution < -0.4 is 5.73 Å². The van der Waals surface area contributed by atoms with Crippen LogP contribution >= 0.6 is 0 Å². The molecule has 4 nitrogen and oxygen atoms in total. The summed E-state index contributed by atoms with van der Waals surface area (Å²) in [7, 11) is 0. The molecule has 4 N–H and O–H groups in total. The quantitative estimate of drug-likeness (QED) is 0.613. The first-order valence-electron chi connectivity index (χ1n) is 9.50. The molecule has 0 fully saturated rings. The summed E-state index contributed by atoms with van der Waals surface area (Å²) in [5, 5.41) is 20.2. The van der Waals surface area contributed by atoms with Gasteiger partial charge in [0.1, 0.15) is 0 Å². The maximum atomic E-state index is 12.5. The highest BCUT2D eigenvalue weighted by Gasteiger charge is 2.60. The molecule has 0 bridgehead atoms. The van der Waals surface area contributed by atoms with E-state index in [9.17, 15) is 23.1 Å². The molecule has 0 heterocycles. The number of alkyl halides is 3. The highest BCUT2D eigenvalue weighted by Crippen LogP contribution is 2.37. The monoisotopic (exact) mass is 409 g/mol. The van der Waals surface area contributed by atoms with Gasteiger partial charge >= 0.3 is 12.1 Å². The fourth-order valence-corrected chi connectivity index (χ4v) is 3.34. The Morgan fingerprint density at radius 1 is 1.14 bits per heavy atom. The average Bonchev–Trinajstić information content (AvgIpc) is 2.67. The second kappa shape index (κ2) is 9.41. The van der Waals surface area contributed by atoms with Gasteiger partial charge in [0.05, 0.1) is 0 Å². The summed E-state index contributed by atoms with van der Waals surface area (Å²) in [5.41, 5.74) is 3.81. The van der Waals surface area contributed by atoms with Crippen molar-refractivity contribution in [2.75, 3.05) is 0 Å². The van der Waals surface area contributed by atoms with Crippen molar-refractivity contribution in [1.82, 2.24) is 0 Å². The van der Waals surface area contributed by atoms with Crippen LogP contribution in [0.5, 0.6) is 0 Å². The fourth-order valence-electron chi connectivity index (χ4n) is 3.34. The Labute approximate surface area is 167 Å². The van der Waals surface area contributed by atoms with Gasteiger partial charge in [0.2, 0.25) is 0 Å². The van der Waals surface area contributed by atoms with E-state index >= 15 is 0 Å². The Kier molecular flexibility index (Phi) is 7.43. The Morgan fingerprint density at radius 2 is 1.79 bits per heavy atom. The standard InChI is InChI=1S/C12H13N.C10H13F3O3/c1-9(13)11-8-4-6-10-5-2-3-7-12(10)11;11-10(12,13)9(16,8(14)15)6-7-4-2-1-3-5-7/h2-9H,13H2,1H3;4,16H,1-3,5-6H2,(H,14,15)/t2*9-/m10/s1. The first-order valence-corrected chi connectivity index (χ1v) is 9.50. The van der Waals surface area contributed by atoms with E-state index in [4.69, 9.17) is 10.8 Å². The Hall–Kier alpha value is -2.38. The zero-order valence-electron chi connectivity index (χ0n) is 16.2. The summed E-state index contributed by atoms with van der Waals surface area (Å²) in [4.78, 5) is 10.5. The SMILES string of the molecule is C[C@@H](N)c1cccc2ccccc12.O=C(O)[C@@](O)(CC1=CCCCC1)C(F)(F)F. The number of carboxylic acids is 1. The Bertz CT molecular complexity index is 872. The van der Waals surface area contributed by atoms with Gasteiger partial charge in [0.15, 0.2) is 0 Å². The molecule has 0 unspecified atom stereocenters. The highest BCUT2D eigenvalue weighted by molar-refractivity contribution is 5.86. The molecule has 2 aromatic carbocycles. The minimum Gasteiger partial charge on any atom is -0.479 e. The van der Waals surface area contributed by atoms with Gasteiger partial charge in [-0.05, 0) is 48.9 Å². The molecule has 0 spiro atoms. The summed E-state index contributed by atoms with van der Waals surface area (Å²) in [6.07, 6.45) is -1.75. The molecular formula is C22H26F3NO3. The number of allylic oxidation sites excluding steroid dienone is 1. The molecule has 0 saturated carbocycles. The van der Waals surface area contributed by atoms with E-state index in [0.29, 0.717) is 18.4 Å². The van der Waals surface area contributed by atoms with Gasteiger partial charge in [-0.1, -0.05) is 54.1 Å². The van der Waals surface area contributed by atoms with Crippen LogP contribution in [0, 0.1) is 0 Å². The zero-order valence-corrected chi connectivity index (χ0v) is 16.2. The summed E-state index contributed by atoms with van der Waals surface area (Å²) in [5.74, 6) is -2.24. The van der Waals surface area contributed by atoms with E-state index < -0.39 is 24.2 Å². The number of hydrogen-bond acceptors (Lipinski definition) is 3. The van der Waals surface area contributed by atoms with Crippen molar-refractivity contribution in [3.05, 3.63) is 59.7 Å². The largest absolute Gasteiger partial charge is 0.479 e. The Morgan fingerprint density at radius 3 is 2.34 bits per heavy atom. The molecule has 1 aliphatic rings. The van der Waals surface area contributed by atoms with E-state index in [0.717, 1.165) is 12.8 Å². The van der Waals surface area contributed by atoms with Crippen molar-refractivity contribution in [2.45, 2.75) is 56.8 Å². The van der Waals surface area contributed by atoms with Crippen molar-refractivity contribution in [3.8, 4) is 0 Å². The van der Waals surface area contributed by atoms with Gasteiger partial charge in [0, 0.05) is 12.5 Å². The third-order valence-corrected chi connectivity index (χ3v) is 5.00. The maximum Gasteiger partial charge on any atom is 0.428 e. The number of carbonyl (C=O) groups is 1. The first-order chi connectivity index (χ1) is 13.6. The Balaban J connectivity index is 0.000000211. The summed E-state index contributed by atoms with van der Waals surface area (Å²) >= 11 is 0. The first kappa shape index (κ1) is 22.9. The van der Waals surface area contributed by atoms with Gasteiger partial charge in [-0.2, -0.15) is 13.2 Å². The maximum absolute atomic E-state index is 12.5. The molecule has 158 valence electrons. The van der Waals surface area contributed by atoms with Crippen LogP contribution in [0.15, 0.2) is 54.1 Å². The van der Waals surface area contributed by atoms with Crippen molar-refractivity contribution in [1.29, 1.82) is 0 Å². The van der Waals surface area contributed by atoms with Crippen LogP contribution in [0.25, 0.3) is 10.8 Å². The van der Waals surface area contributed by atoms with Crippen LogP contribution in [0.3, 0.4) is 0 Å². The highest BCUT2D eigenvalue weighted by atomic mass is 19.4. The number of rotatable bonds is 4. The number of carboxylic acid groups (broad SMARTS) is 1. The zero-order chi connectivity index (χ0) is 21.7. The van der Waals surface area contributed by atoms with Gasteiger partial charge in [-0.3, -0.25) is 0 Å². The number of aliphatic carboxylic acids is 1. The van der Waals surface area contributed by atoms with Gasteiger partial charge in [-0.25, -0.2) is 4.79 Å². The molecule has 2 aromatic rings. The topological polar surface area (TPSA) is 83.6 Å². The van der Waals surface area contributed by atoms with E-state index in [2.05, 4.69) is 30.3 Å². The van der Waals surface area contributed by atoms with Crippen LogP contribution in [0.1, 0.15) is 50.6 Å². The second-order valence-corrected chi connectivity index (χ2v) is 7.31. The third kappa shape index (κ3) is 5.58. The van der Waals surface area contributed by atoms with Crippen molar-refractivity contribution in [3.63, 3.8) is 0 Å². The van der Waals surface area contributed by atoms with Crippen LogP contribution in [-0.2, 0) is 4.79 Å². The van der Waals surface area contributed by atoms with Gasteiger partial charge in [-0.15, -0.1) is 0 Å². The molecule has 0 aliphatic heterocycles. The van der Waals surface area contributed by atoms with Crippen molar-refractivity contribution < 1.29 is 28.2 Å². The van der Waals surface area contributed by atoms with E-state index in [-0.39, 0.29) is 6.04 Å². The van der Waals surface area contributed by atoms with Crippen molar-refractivity contribution >= 4 is 16.7 Å². The minimum atomic E-state index is -5.16. The molecule has 1 aliphatic carbocycles. The molecule has 0 aromatic heterocycles. The summed E-state index contributed by atoms with van der Waals surface area (Å²) in [6.45, 7) is 2.02. The van der Waals surface area contributed by atoms with Gasteiger partial charge < -0.3 is 15.9 Å². The number of hydrogen-bond donors (Lipinski definition) is 3. The van der Waals surface area contributed by atoms with E-state index in [1.54, 1.807) is 6.08 Å². The van der Waals surface area contributed by atoms with Crippen LogP contribution in [0.2, 0.25) is 0 Å². The smallest absolute Gasteiger partial charge is 0.428 e. The van der Waals surface area contributed by atoms with E-state index in [1.807, 2.05) is 19.1 Å². The molecule has 3 rings (SSSR count). The average molecular weight is 409 g/mol.